The minimum atomic E-state index is -0.561. The Labute approximate surface area is 155 Å². The zero-order chi connectivity index (χ0) is 18.2. The Morgan fingerprint density at radius 3 is 2.81 bits per heavy atom. The van der Waals surface area contributed by atoms with Crippen LogP contribution in [0.1, 0.15) is 46.0 Å². The van der Waals surface area contributed by atoms with Gasteiger partial charge in [-0.2, -0.15) is 0 Å². The van der Waals surface area contributed by atoms with E-state index in [0.29, 0.717) is 24.3 Å². The highest BCUT2D eigenvalue weighted by Crippen LogP contribution is 2.83. The number of ketones is 1. The number of aliphatic hydroxyl groups excluding tert-OH is 2. The number of hydrogen-bond donors (Lipinski definition) is 2. The second-order valence-corrected chi connectivity index (χ2v) is 10.7. The van der Waals surface area contributed by atoms with Gasteiger partial charge in [0.1, 0.15) is 5.78 Å². The molecule has 0 aromatic heterocycles. The van der Waals surface area contributed by atoms with Crippen LogP contribution in [0.25, 0.3) is 0 Å². The third kappa shape index (κ3) is 1.33. The van der Waals surface area contributed by atoms with Crippen molar-refractivity contribution in [2.75, 3.05) is 13.1 Å². The number of nitrogens with zero attached hydrogens (tertiary/aromatic N) is 1. The van der Waals surface area contributed by atoms with Gasteiger partial charge < -0.3 is 10.2 Å². The van der Waals surface area contributed by atoms with Crippen LogP contribution < -0.4 is 0 Å². The lowest BCUT2D eigenvalue weighted by atomic mass is 9.43. The number of rotatable bonds is 1. The molecule has 6 aliphatic rings. The lowest BCUT2D eigenvalue weighted by molar-refractivity contribution is -0.211. The van der Waals surface area contributed by atoms with Gasteiger partial charge in [-0.05, 0) is 61.0 Å². The fraction of sp³-hybridized carbons (Fsp3) is 0.864. The highest BCUT2D eigenvalue weighted by Gasteiger charge is 2.85. The van der Waals surface area contributed by atoms with Crippen LogP contribution in [0.4, 0.5) is 0 Å². The maximum Gasteiger partial charge on any atom is 0.140 e. The third-order valence-electron chi connectivity index (χ3n) is 10.4. The Kier molecular flexibility index (Phi) is 2.80. The minimum Gasteiger partial charge on any atom is -0.392 e. The zero-order valence-electron chi connectivity index (χ0n) is 15.9. The molecule has 6 rings (SSSR count). The molecule has 5 saturated carbocycles. The molecule has 6 fully saturated rings. The van der Waals surface area contributed by atoms with Crippen LogP contribution in [0.2, 0.25) is 0 Å². The summed E-state index contributed by atoms with van der Waals surface area (Å²) in [6.45, 7) is 10.9. The van der Waals surface area contributed by atoms with Gasteiger partial charge in [0.2, 0.25) is 0 Å². The molecule has 2 spiro atoms. The first-order valence-corrected chi connectivity index (χ1v) is 10.6. The average Bonchev–Trinajstić information content (AvgIpc) is 3.14. The molecule has 0 radical (unpaired) electrons. The van der Waals surface area contributed by atoms with Crippen LogP contribution >= 0.6 is 0 Å². The molecule has 0 aromatic rings. The topological polar surface area (TPSA) is 60.8 Å². The van der Waals surface area contributed by atoms with E-state index in [-0.39, 0.29) is 40.0 Å². The molecule has 0 aromatic carbocycles. The van der Waals surface area contributed by atoms with E-state index in [9.17, 15) is 15.0 Å². The van der Waals surface area contributed by atoms with Gasteiger partial charge in [-0.1, -0.05) is 20.4 Å². The van der Waals surface area contributed by atoms with E-state index in [2.05, 4.69) is 25.3 Å². The smallest absolute Gasteiger partial charge is 0.140 e. The number of fused-ring (bicyclic) bond motifs is 1. The number of hydrogen-bond acceptors (Lipinski definition) is 4. The zero-order valence-corrected chi connectivity index (χ0v) is 15.9. The van der Waals surface area contributed by atoms with Crippen LogP contribution in [-0.2, 0) is 4.79 Å². The second kappa shape index (κ2) is 4.47. The quantitative estimate of drug-likeness (QED) is 0.705. The van der Waals surface area contributed by atoms with E-state index in [1.54, 1.807) is 0 Å². The van der Waals surface area contributed by atoms with Gasteiger partial charge in [0.25, 0.3) is 0 Å². The van der Waals surface area contributed by atoms with Crippen LogP contribution in [0.3, 0.4) is 0 Å². The summed E-state index contributed by atoms with van der Waals surface area (Å²) < 4.78 is 0. The SMILES string of the molecule is C=C1[C@H]2C[C@@]3([C@@H]1O)[C@H]1C[C@H]4[C@@]5(C)CC[C@H](O)[C@@]4([C@H]1N(CC)C5)[C@H]3CC2=O. The lowest BCUT2D eigenvalue weighted by Gasteiger charge is -2.65. The third-order valence-corrected chi connectivity index (χ3v) is 10.4. The molecular weight excluding hydrogens is 326 g/mol. The van der Waals surface area contributed by atoms with Crippen molar-refractivity contribution >= 4 is 5.78 Å². The predicted molar refractivity (Wildman–Crippen MR) is 97.2 cm³/mol. The Morgan fingerprint density at radius 2 is 2.08 bits per heavy atom. The van der Waals surface area contributed by atoms with Crippen molar-refractivity contribution in [3.8, 4) is 0 Å². The van der Waals surface area contributed by atoms with E-state index in [1.165, 1.54) is 0 Å². The first kappa shape index (κ1) is 16.3. The van der Waals surface area contributed by atoms with Gasteiger partial charge in [-0.15, -0.1) is 0 Å². The standard InChI is InChI=1S/C22H31NO3/c1-4-23-10-20(3)6-5-17(25)22-15(20)7-13(18(22)23)21-9-12(11(2)19(21)26)14(24)8-16(21)22/h12-13,15-19,25-26H,2,4-10H2,1,3H3/t12-,13+,15+,16+,17+,18+,19-,20+,21-,22+/m1/s1. The maximum atomic E-state index is 13.0. The molecular formula is C22H31NO3. The summed E-state index contributed by atoms with van der Waals surface area (Å²) in [5, 5.41) is 22.8. The number of Topliss-reactive ketones (excluding diaryl/α,β-unsaturated/α-hetero) is 1. The fourth-order valence-corrected chi connectivity index (χ4v) is 9.75. The fourth-order valence-electron chi connectivity index (χ4n) is 9.75. The summed E-state index contributed by atoms with van der Waals surface area (Å²) in [6.07, 6.45) is 3.50. The molecule has 142 valence electrons. The Hall–Kier alpha value is -0.710. The number of piperidine rings is 1. The van der Waals surface area contributed by atoms with Gasteiger partial charge in [0.05, 0.1) is 12.2 Å². The van der Waals surface area contributed by atoms with Crippen molar-refractivity contribution in [3.05, 3.63) is 12.2 Å². The second-order valence-electron chi connectivity index (χ2n) is 10.7. The van der Waals surface area contributed by atoms with Crippen molar-refractivity contribution in [1.82, 2.24) is 4.90 Å². The Bertz CT molecular complexity index is 735. The van der Waals surface area contributed by atoms with E-state index in [4.69, 9.17) is 0 Å². The number of likely N-dealkylation sites (tertiary alicyclic amines) is 1. The van der Waals surface area contributed by atoms with Crippen molar-refractivity contribution in [2.24, 2.45) is 39.9 Å². The van der Waals surface area contributed by atoms with E-state index < -0.39 is 6.10 Å². The van der Waals surface area contributed by atoms with Crippen molar-refractivity contribution in [1.29, 1.82) is 0 Å². The minimum absolute atomic E-state index is 0.130. The first-order chi connectivity index (χ1) is 12.3. The van der Waals surface area contributed by atoms with Gasteiger partial charge in [-0.3, -0.25) is 9.69 Å². The molecule has 4 heteroatoms. The Morgan fingerprint density at radius 1 is 1.31 bits per heavy atom. The average molecular weight is 357 g/mol. The molecule has 7 bridgehead atoms. The molecule has 0 amide bonds. The first-order valence-electron chi connectivity index (χ1n) is 10.6. The number of aliphatic hydroxyl groups is 2. The van der Waals surface area contributed by atoms with Crippen molar-refractivity contribution < 1.29 is 15.0 Å². The van der Waals surface area contributed by atoms with Crippen molar-refractivity contribution in [3.63, 3.8) is 0 Å². The van der Waals surface area contributed by atoms with Crippen LogP contribution in [-0.4, -0.2) is 52.2 Å². The van der Waals surface area contributed by atoms with E-state index in [1.807, 2.05) is 0 Å². The van der Waals surface area contributed by atoms with Crippen LogP contribution in [0, 0.1) is 39.9 Å². The lowest BCUT2D eigenvalue weighted by Crippen LogP contribution is -2.68. The van der Waals surface area contributed by atoms with E-state index >= 15 is 0 Å². The van der Waals surface area contributed by atoms with Crippen LogP contribution in [0.5, 0.6) is 0 Å². The van der Waals surface area contributed by atoms with Crippen LogP contribution in [0.15, 0.2) is 12.2 Å². The molecule has 1 aliphatic heterocycles. The summed E-state index contributed by atoms with van der Waals surface area (Å²) in [4.78, 5) is 15.6. The molecule has 10 atom stereocenters. The molecule has 2 N–H and O–H groups in total. The monoisotopic (exact) mass is 357 g/mol. The predicted octanol–water partition coefficient (Wildman–Crippen LogP) is 2.00. The highest BCUT2D eigenvalue weighted by molar-refractivity contribution is 5.87. The Balaban J connectivity index is 1.62. The van der Waals surface area contributed by atoms with Gasteiger partial charge in [0.15, 0.2) is 0 Å². The summed E-state index contributed by atoms with van der Waals surface area (Å²) in [7, 11) is 0. The normalized spacial score (nSPS) is 62.7. The maximum absolute atomic E-state index is 13.0. The van der Waals surface area contributed by atoms with Gasteiger partial charge >= 0.3 is 0 Å². The highest BCUT2D eigenvalue weighted by atomic mass is 16.3. The van der Waals surface area contributed by atoms with Gasteiger partial charge in [-0.25, -0.2) is 0 Å². The summed E-state index contributed by atoms with van der Waals surface area (Å²) >= 11 is 0. The van der Waals surface area contributed by atoms with Gasteiger partial charge in [0, 0.05) is 35.8 Å². The molecule has 4 nitrogen and oxygen atoms in total. The molecule has 1 saturated heterocycles. The summed E-state index contributed by atoms with van der Waals surface area (Å²) in [5.74, 6) is 1.16. The molecule has 1 heterocycles. The molecule has 5 aliphatic carbocycles. The van der Waals surface area contributed by atoms with E-state index in [0.717, 1.165) is 44.3 Å². The summed E-state index contributed by atoms with van der Waals surface area (Å²) in [5.41, 5.74) is 0.598. The number of carbonyl (C=O) groups is 1. The van der Waals surface area contributed by atoms with Crippen molar-refractivity contribution in [2.45, 2.75) is 64.2 Å². The summed E-state index contributed by atoms with van der Waals surface area (Å²) in [6, 6.07) is 0.331. The molecule has 0 unspecified atom stereocenters. The largest absolute Gasteiger partial charge is 0.392 e. The molecule has 26 heavy (non-hydrogen) atoms. The number of carbonyl (C=O) groups excluding carboxylic acids is 1.